The second kappa shape index (κ2) is 8.57. The molecule has 0 unspecified atom stereocenters. The van der Waals surface area contributed by atoms with Gasteiger partial charge in [-0.15, -0.1) is 10.2 Å². The van der Waals surface area contributed by atoms with Crippen molar-refractivity contribution >= 4 is 27.7 Å². The number of nitrogens with zero attached hydrogens (tertiary/aromatic N) is 4. The molecule has 0 N–H and O–H groups in total. The molecule has 0 saturated heterocycles. The van der Waals surface area contributed by atoms with Gasteiger partial charge in [-0.2, -0.15) is 18.2 Å². The van der Waals surface area contributed by atoms with Crippen LogP contribution in [0.15, 0.2) is 74.7 Å². The Kier molecular flexibility index (Phi) is 5.87. The highest BCUT2D eigenvalue weighted by Gasteiger charge is 2.30. The fourth-order valence-electron chi connectivity index (χ4n) is 2.60. The molecule has 0 saturated carbocycles. The van der Waals surface area contributed by atoms with Gasteiger partial charge < -0.3 is 4.52 Å². The average molecular weight is 493 g/mol. The average Bonchev–Trinajstić information content (AvgIpc) is 3.21. The van der Waals surface area contributed by atoms with E-state index in [2.05, 4.69) is 36.3 Å². The van der Waals surface area contributed by atoms with Crippen molar-refractivity contribution in [3.8, 4) is 22.6 Å². The zero-order valence-electron chi connectivity index (χ0n) is 15.1. The minimum Gasteiger partial charge on any atom is -0.338 e. The summed E-state index contributed by atoms with van der Waals surface area (Å²) in [5.41, 5.74) is 1.16. The van der Waals surface area contributed by atoms with Crippen LogP contribution in [0.3, 0.4) is 0 Å². The minimum atomic E-state index is -4.43. The van der Waals surface area contributed by atoms with E-state index in [4.69, 9.17) is 4.52 Å². The molecular weight excluding hydrogens is 481 g/mol. The first-order valence-corrected chi connectivity index (χ1v) is 10.4. The van der Waals surface area contributed by atoms with Crippen molar-refractivity contribution in [3.63, 3.8) is 0 Å². The summed E-state index contributed by atoms with van der Waals surface area (Å²) in [6.45, 7) is 0. The van der Waals surface area contributed by atoms with Crippen LogP contribution in [0.1, 0.15) is 11.5 Å². The number of thioether (sulfide) groups is 1. The monoisotopic (exact) mass is 492 g/mol. The summed E-state index contributed by atoms with van der Waals surface area (Å²) in [7, 11) is 0. The van der Waals surface area contributed by atoms with Gasteiger partial charge in [-0.3, -0.25) is 0 Å². The van der Waals surface area contributed by atoms with E-state index in [1.165, 1.54) is 23.9 Å². The van der Waals surface area contributed by atoms with Gasteiger partial charge in [-0.1, -0.05) is 57.1 Å². The quantitative estimate of drug-likeness (QED) is 0.306. The maximum atomic E-state index is 12.9. The Morgan fingerprint density at radius 1 is 0.933 bits per heavy atom. The van der Waals surface area contributed by atoms with Gasteiger partial charge in [0.25, 0.3) is 0 Å². The number of hydrogen-bond donors (Lipinski definition) is 0. The Labute approximate surface area is 181 Å². The van der Waals surface area contributed by atoms with Crippen molar-refractivity contribution in [2.24, 2.45) is 0 Å². The van der Waals surface area contributed by atoms with Crippen molar-refractivity contribution in [3.05, 3.63) is 76.6 Å². The van der Waals surface area contributed by atoms with E-state index < -0.39 is 11.7 Å². The highest BCUT2D eigenvalue weighted by molar-refractivity contribution is 9.10. The third-order valence-corrected chi connectivity index (χ3v) is 5.42. The largest absolute Gasteiger partial charge is 0.416 e. The molecule has 4 aromatic rings. The van der Waals surface area contributed by atoms with Crippen molar-refractivity contribution in [1.82, 2.24) is 20.3 Å². The summed E-state index contributed by atoms with van der Waals surface area (Å²) in [4.78, 5) is 4.17. The van der Waals surface area contributed by atoms with Crippen LogP contribution in [0.5, 0.6) is 0 Å². The molecule has 0 bridgehead atoms. The number of benzene rings is 2. The molecule has 10 heteroatoms. The van der Waals surface area contributed by atoms with Gasteiger partial charge in [0.05, 0.1) is 17.0 Å². The molecule has 4 rings (SSSR count). The first-order valence-electron chi connectivity index (χ1n) is 8.61. The molecule has 0 spiro atoms. The molecular formula is C20H12BrF3N4OS. The van der Waals surface area contributed by atoms with Crippen LogP contribution in [0, 0.1) is 0 Å². The highest BCUT2D eigenvalue weighted by Crippen LogP contribution is 2.32. The molecule has 2 aromatic carbocycles. The first-order chi connectivity index (χ1) is 14.4. The van der Waals surface area contributed by atoms with Gasteiger partial charge in [-0.05, 0) is 36.4 Å². The predicted octanol–water partition coefficient (Wildman–Crippen LogP) is 6.27. The van der Waals surface area contributed by atoms with Crippen LogP contribution in [0.25, 0.3) is 22.6 Å². The molecule has 2 aromatic heterocycles. The Morgan fingerprint density at radius 3 is 2.47 bits per heavy atom. The van der Waals surface area contributed by atoms with E-state index in [0.717, 1.165) is 27.9 Å². The van der Waals surface area contributed by atoms with Gasteiger partial charge in [0.1, 0.15) is 5.03 Å². The van der Waals surface area contributed by atoms with Crippen LogP contribution < -0.4 is 0 Å². The molecule has 2 heterocycles. The molecule has 0 aliphatic carbocycles. The predicted molar refractivity (Wildman–Crippen MR) is 109 cm³/mol. The zero-order chi connectivity index (χ0) is 21.1. The van der Waals surface area contributed by atoms with E-state index in [9.17, 15) is 13.2 Å². The molecule has 0 aliphatic rings. The third kappa shape index (κ3) is 4.88. The van der Waals surface area contributed by atoms with Crippen molar-refractivity contribution in [2.45, 2.75) is 17.0 Å². The van der Waals surface area contributed by atoms with Crippen molar-refractivity contribution in [2.75, 3.05) is 0 Å². The lowest BCUT2D eigenvalue weighted by atomic mass is 10.1. The number of alkyl halides is 3. The maximum Gasteiger partial charge on any atom is 0.416 e. The number of aromatic nitrogens is 4. The fourth-order valence-corrected chi connectivity index (χ4v) is 3.65. The van der Waals surface area contributed by atoms with Gasteiger partial charge in [0.15, 0.2) is 0 Å². The summed E-state index contributed by atoms with van der Waals surface area (Å²) in [5.74, 6) is 0.703. The minimum absolute atomic E-state index is 0.104. The molecule has 0 aliphatic heterocycles. The van der Waals surface area contributed by atoms with Gasteiger partial charge in [-0.25, -0.2) is 0 Å². The lowest BCUT2D eigenvalue weighted by Gasteiger charge is -2.06. The second-order valence-electron chi connectivity index (χ2n) is 6.15. The Morgan fingerprint density at radius 2 is 1.73 bits per heavy atom. The van der Waals surface area contributed by atoms with Crippen molar-refractivity contribution < 1.29 is 17.7 Å². The summed E-state index contributed by atoms with van der Waals surface area (Å²) in [6, 6.07) is 16.2. The molecule has 5 nitrogen and oxygen atoms in total. The Bertz CT molecular complexity index is 1170. The van der Waals surface area contributed by atoms with Crippen LogP contribution in [-0.4, -0.2) is 20.3 Å². The van der Waals surface area contributed by atoms with Crippen LogP contribution in [0.4, 0.5) is 13.2 Å². The van der Waals surface area contributed by atoms with Crippen LogP contribution in [0.2, 0.25) is 0 Å². The molecule has 0 amide bonds. The molecule has 0 fully saturated rings. The van der Waals surface area contributed by atoms with E-state index in [0.29, 0.717) is 10.8 Å². The van der Waals surface area contributed by atoms with E-state index >= 15 is 0 Å². The van der Waals surface area contributed by atoms with Crippen LogP contribution in [-0.2, 0) is 11.9 Å². The van der Waals surface area contributed by atoms with Gasteiger partial charge in [0, 0.05) is 15.6 Å². The summed E-state index contributed by atoms with van der Waals surface area (Å²) in [6.07, 6.45) is -4.43. The highest BCUT2D eigenvalue weighted by atomic mass is 79.9. The van der Waals surface area contributed by atoms with E-state index in [1.807, 2.05) is 36.4 Å². The summed E-state index contributed by atoms with van der Waals surface area (Å²) < 4.78 is 44.7. The lowest BCUT2D eigenvalue weighted by Crippen LogP contribution is -2.04. The molecule has 30 heavy (non-hydrogen) atoms. The van der Waals surface area contributed by atoms with Crippen molar-refractivity contribution in [1.29, 1.82) is 0 Å². The third-order valence-electron chi connectivity index (χ3n) is 4.02. The van der Waals surface area contributed by atoms with E-state index in [1.54, 1.807) is 0 Å². The lowest BCUT2D eigenvalue weighted by molar-refractivity contribution is -0.137. The second-order valence-corrected chi connectivity index (χ2v) is 8.06. The standard InChI is InChI=1S/C20H12BrF3N4OS/c21-15-6-2-3-12(10-15)16-7-8-18(27-26-16)30-11-17-25-19(28-29-17)13-4-1-5-14(9-13)20(22,23)24/h1-10H,11H2. The Hall–Kier alpha value is -2.72. The number of hydrogen-bond acceptors (Lipinski definition) is 6. The zero-order valence-corrected chi connectivity index (χ0v) is 17.5. The first kappa shape index (κ1) is 20.5. The molecule has 0 atom stereocenters. The Balaban J connectivity index is 1.42. The smallest absolute Gasteiger partial charge is 0.338 e. The summed E-state index contributed by atoms with van der Waals surface area (Å²) in [5, 5.41) is 12.8. The molecule has 152 valence electrons. The number of halogens is 4. The van der Waals surface area contributed by atoms with Gasteiger partial charge >= 0.3 is 6.18 Å². The number of rotatable bonds is 5. The summed E-state index contributed by atoms with van der Waals surface area (Å²) >= 11 is 4.76. The topological polar surface area (TPSA) is 64.7 Å². The fraction of sp³-hybridized carbons (Fsp3) is 0.100. The van der Waals surface area contributed by atoms with Crippen LogP contribution >= 0.6 is 27.7 Å². The molecule has 0 radical (unpaired) electrons. The van der Waals surface area contributed by atoms with Gasteiger partial charge in [0.2, 0.25) is 11.7 Å². The normalized spacial score (nSPS) is 11.6. The van der Waals surface area contributed by atoms with E-state index in [-0.39, 0.29) is 17.3 Å². The SMILES string of the molecule is FC(F)(F)c1cccc(-c2noc(CSc3ccc(-c4cccc(Br)c4)nn3)n2)c1. The maximum absolute atomic E-state index is 12.9.